The highest BCUT2D eigenvalue weighted by molar-refractivity contribution is 5.73. The van der Waals surface area contributed by atoms with E-state index < -0.39 is 0 Å². The monoisotopic (exact) mass is 237 g/mol. The van der Waals surface area contributed by atoms with Gasteiger partial charge in [0.05, 0.1) is 0 Å². The predicted octanol–water partition coefficient (Wildman–Crippen LogP) is 0.813. The maximum Gasteiger partial charge on any atom is 0.217 e. The summed E-state index contributed by atoms with van der Waals surface area (Å²) in [4.78, 5) is 19.2. The number of carbonyl (C=O) groups excluding carboxylic acids is 1. The second-order valence-corrected chi connectivity index (χ2v) is 3.84. The Kier molecular flexibility index (Phi) is 4.68. The van der Waals surface area contributed by atoms with Gasteiger partial charge >= 0.3 is 0 Å². The third-order valence-electron chi connectivity index (χ3n) is 2.39. The first kappa shape index (κ1) is 13.2. The standard InChI is InChI=1S/C11H19N5O/c1-7-10(13-3)15-8(2)16-11(7)14-6-4-5-9(12)17/h4-6H2,1-3H3,(H2,12,17)(H2,13,14,15,16). The van der Waals surface area contributed by atoms with Crippen LogP contribution in [0.4, 0.5) is 11.6 Å². The molecular weight excluding hydrogens is 218 g/mol. The van der Waals surface area contributed by atoms with Crippen molar-refractivity contribution in [2.75, 3.05) is 24.2 Å². The van der Waals surface area contributed by atoms with E-state index in [0.717, 1.165) is 17.2 Å². The van der Waals surface area contributed by atoms with E-state index in [1.807, 2.05) is 20.9 Å². The highest BCUT2D eigenvalue weighted by Crippen LogP contribution is 2.19. The molecule has 4 N–H and O–H groups in total. The molecule has 0 saturated heterocycles. The number of nitrogens with two attached hydrogens (primary N) is 1. The fourth-order valence-electron chi connectivity index (χ4n) is 1.51. The minimum atomic E-state index is -0.279. The first-order valence-electron chi connectivity index (χ1n) is 5.59. The van der Waals surface area contributed by atoms with Gasteiger partial charge < -0.3 is 16.4 Å². The topological polar surface area (TPSA) is 92.9 Å². The van der Waals surface area contributed by atoms with E-state index in [9.17, 15) is 4.79 Å². The lowest BCUT2D eigenvalue weighted by Gasteiger charge is -2.12. The van der Waals surface area contributed by atoms with Gasteiger partial charge in [-0.2, -0.15) is 0 Å². The Hall–Kier alpha value is -1.85. The maximum absolute atomic E-state index is 10.6. The molecule has 0 spiro atoms. The smallest absolute Gasteiger partial charge is 0.217 e. The van der Waals surface area contributed by atoms with Gasteiger partial charge in [0.2, 0.25) is 5.91 Å². The van der Waals surface area contributed by atoms with Crippen LogP contribution in [0.15, 0.2) is 0 Å². The fourth-order valence-corrected chi connectivity index (χ4v) is 1.51. The average molecular weight is 237 g/mol. The van der Waals surface area contributed by atoms with E-state index in [0.29, 0.717) is 25.2 Å². The quantitative estimate of drug-likeness (QED) is 0.637. The molecule has 1 rings (SSSR count). The second-order valence-electron chi connectivity index (χ2n) is 3.84. The zero-order valence-corrected chi connectivity index (χ0v) is 10.5. The number of hydrogen-bond donors (Lipinski definition) is 3. The Morgan fingerprint density at radius 3 is 2.53 bits per heavy atom. The first-order chi connectivity index (χ1) is 8.04. The van der Waals surface area contributed by atoms with E-state index in [-0.39, 0.29) is 5.91 Å². The number of hydrogen-bond acceptors (Lipinski definition) is 5. The van der Waals surface area contributed by atoms with Crippen LogP contribution in [-0.4, -0.2) is 29.5 Å². The highest BCUT2D eigenvalue weighted by Gasteiger charge is 2.07. The van der Waals surface area contributed by atoms with Crippen molar-refractivity contribution in [1.29, 1.82) is 0 Å². The third-order valence-corrected chi connectivity index (χ3v) is 2.39. The summed E-state index contributed by atoms with van der Waals surface area (Å²) in [5.74, 6) is 2.04. The lowest BCUT2D eigenvalue weighted by atomic mass is 10.2. The summed E-state index contributed by atoms with van der Waals surface area (Å²) >= 11 is 0. The lowest BCUT2D eigenvalue weighted by Crippen LogP contribution is -2.14. The van der Waals surface area contributed by atoms with Gasteiger partial charge in [-0.3, -0.25) is 4.79 Å². The number of aromatic nitrogens is 2. The zero-order valence-electron chi connectivity index (χ0n) is 10.5. The predicted molar refractivity (Wildman–Crippen MR) is 68.0 cm³/mol. The zero-order chi connectivity index (χ0) is 12.8. The summed E-state index contributed by atoms with van der Waals surface area (Å²) in [7, 11) is 1.83. The van der Waals surface area contributed by atoms with Crippen LogP contribution >= 0.6 is 0 Å². The molecule has 6 heteroatoms. The SMILES string of the molecule is CNc1nc(C)nc(NCCCC(N)=O)c1C. The molecule has 17 heavy (non-hydrogen) atoms. The Bertz CT molecular complexity index is 405. The van der Waals surface area contributed by atoms with Gasteiger partial charge in [-0.05, 0) is 20.3 Å². The molecule has 0 aliphatic rings. The van der Waals surface area contributed by atoms with Crippen LogP contribution in [0.5, 0.6) is 0 Å². The van der Waals surface area contributed by atoms with Crippen LogP contribution in [0.25, 0.3) is 0 Å². The average Bonchev–Trinajstić information content (AvgIpc) is 2.28. The van der Waals surface area contributed by atoms with Crippen molar-refractivity contribution in [3.8, 4) is 0 Å². The van der Waals surface area contributed by atoms with Crippen molar-refractivity contribution in [2.45, 2.75) is 26.7 Å². The number of anilines is 2. The number of aryl methyl sites for hydroxylation is 1. The molecule has 0 radical (unpaired) electrons. The molecule has 0 atom stereocenters. The van der Waals surface area contributed by atoms with Gasteiger partial charge in [-0.25, -0.2) is 9.97 Å². The molecule has 6 nitrogen and oxygen atoms in total. The first-order valence-corrected chi connectivity index (χ1v) is 5.59. The van der Waals surface area contributed by atoms with Gasteiger partial charge in [0.25, 0.3) is 0 Å². The van der Waals surface area contributed by atoms with E-state index in [1.165, 1.54) is 0 Å². The van der Waals surface area contributed by atoms with Crippen molar-refractivity contribution in [2.24, 2.45) is 5.73 Å². The largest absolute Gasteiger partial charge is 0.373 e. The van der Waals surface area contributed by atoms with Gasteiger partial charge in [-0.15, -0.1) is 0 Å². The van der Waals surface area contributed by atoms with Crippen molar-refractivity contribution >= 4 is 17.5 Å². The summed E-state index contributed by atoms with van der Waals surface area (Å²) in [5.41, 5.74) is 6.04. The molecule has 0 aliphatic heterocycles. The van der Waals surface area contributed by atoms with Crippen LogP contribution in [0, 0.1) is 13.8 Å². The minimum Gasteiger partial charge on any atom is -0.373 e. The Balaban J connectivity index is 2.64. The van der Waals surface area contributed by atoms with Crippen molar-refractivity contribution in [3.63, 3.8) is 0 Å². The summed E-state index contributed by atoms with van der Waals surface area (Å²) in [6.45, 7) is 4.46. The van der Waals surface area contributed by atoms with Crippen molar-refractivity contribution in [3.05, 3.63) is 11.4 Å². The molecule has 0 unspecified atom stereocenters. The van der Waals surface area contributed by atoms with Crippen LogP contribution < -0.4 is 16.4 Å². The van der Waals surface area contributed by atoms with E-state index in [1.54, 1.807) is 0 Å². The molecule has 94 valence electrons. The summed E-state index contributed by atoms with van der Waals surface area (Å²) in [5, 5.41) is 6.20. The lowest BCUT2D eigenvalue weighted by molar-refractivity contribution is -0.118. The van der Waals surface area contributed by atoms with Gasteiger partial charge in [0.15, 0.2) is 0 Å². The molecule has 0 fully saturated rings. The molecule has 0 bridgehead atoms. The molecule has 1 heterocycles. The molecule has 0 aliphatic carbocycles. The number of carbonyl (C=O) groups is 1. The Morgan fingerprint density at radius 1 is 1.29 bits per heavy atom. The highest BCUT2D eigenvalue weighted by atomic mass is 16.1. The third kappa shape index (κ3) is 3.90. The number of nitrogens with zero attached hydrogens (tertiary/aromatic N) is 2. The molecule has 1 amide bonds. The molecular formula is C11H19N5O. The van der Waals surface area contributed by atoms with Crippen LogP contribution in [-0.2, 0) is 4.79 Å². The van der Waals surface area contributed by atoms with Crippen LogP contribution in [0.3, 0.4) is 0 Å². The fraction of sp³-hybridized carbons (Fsp3) is 0.545. The summed E-state index contributed by atoms with van der Waals surface area (Å²) in [6, 6.07) is 0. The maximum atomic E-state index is 10.6. The van der Waals surface area contributed by atoms with Gasteiger partial charge in [-0.1, -0.05) is 0 Å². The summed E-state index contributed by atoms with van der Waals surface area (Å²) < 4.78 is 0. The van der Waals surface area contributed by atoms with Crippen LogP contribution in [0.2, 0.25) is 0 Å². The van der Waals surface area contributed by atoms with E-state index in [4.69, 9.17) is 5.73 Å². The van der Waals surface area contributed by atoms with Crippen molar-refractivity contribution < 1.29 is 4.79 Å². The van der Waals surface area contributed by atoms with E-state index >= 15 is 0 Å². The van der Waals surface area contributed by atoms with Crippen molar-refractivity contribution in [1.82, 2.24) is 9.97 Å². The summed E-state index contributed by atoms with van der Waals surface area (Å²) in [6.07, 6.45) is 1.09. The Labute approximate surface area is 101 Å². The second kappa shape index (κ2) is 6.03. The van der Waals surface area contributed by atoms with Crippen LogP contribution in [0.1, 0.15) is 24.2 Å². The number of amides is 1. The van der Waals surface area contributed by atoms with Gasteiger partial charge in [0, 0.05) is 25.6 Å². The molecule has 1 aromatic heterocycles. The normalized spacial score (nSPS) is 10.1. The number of primary amides is 1. The molecule has 0 aromatic carbocycles. The number of nitrogens with one attached hydrogen (secondary N) is 2. The molecule has 0 saturated carbocycles. The molecule has 1 aromatic rings. The van der Waals surface area contributed by atoms with E-state index in [2.05, 4.69) is 20.6 Å². The minimum absolute atomic E-state index is 0.279. The number of rotatable bonds is 6. The van der Waals surface area contributed by atoms with Gasteiger partial charge in [0.1, 0.15) is 17.5 Å². The Morgan fingerprint density at radius 2 is 1.94 bits per heavy atom.